The van der Waals surface area contributed by atoms with Gasteiger partial charge in [0, 0.05) is 0 Å². The van der Waals surface area contributed by atoms with Gasteiger partial charge in [0.05, 0.1) is 6.10 Å². The van der Waals surface area contributed by atoms with E-state index in [2.05, 4.69) is 48.1 Å². The third kappa shape index (κ3) is 2.60. The molecule has 2 nitrogen and oxygen atoms in total. The van der Waals surface area contributed by atoms with E-state index in [-0.39, 0.29) is 11.5 Å². The molecule has 0 aromatic rings. The number of aliphatic hydroxyl groups excluding tert-OH is 1. The van der Waals surface area contributed by atoms with E-state index in [0.29, 0.717) is 39.4 Å². The van der Waals surface area contributed by atoms with Gasteiger partial charge >= 0.3 is 0 Å². The SMILES string of the molecule is C=C(C=O)C1CCC2(C)C1CCC1(C)C2CCC2C3(C)CCC(O)C(C)(C)C3CCC21C. The fourth-order valence-corrected chi connectivity index (χ4v) is 11.7. The van der Waals surface area contributed by atoms with Crippen LogP contribution < -0.4 is 0 Å². The highest BCUT2D eigenvalue weighted by Crippen LogP contribution is 2.77. The zero-order valence-electron chi connectivity index (χ0n) is 21.7. The molecular weight excluding hydrogens is 392 g/mol. The fraction of sp³-hybridized carbons (Fsp3) is 0.900. The summed E-state index contributed by atoms with van der Waals surface area (Å²) in [5.74, 6) is 3.23. The maximum absolute atomic E-state index is 11.6. The van der Waals surface area contributed by atoms with Crippen molar-refractivity contribution in [3.63, 3.8) is 0 Å². The van der Waals surface area contributed by atoms with Gasteiger partial charge < -0.3 is 5.11 Å². The molecule has 32 heavy (non-hydrogen) atoms. The number of fused-ring (bicyclic) bond motifs is 7. The first-order valence-electron chi connectivity index (χ1n) is 13.7. The summed E-state index contributed by atoms with van der Waals surface area (Å²) in [6.45, 7) is 19.4. The maximum Gasteiger partial charge on any atom is 0.145 e. The molecule has 5 saturated carbocycles. The van der Waals surface area contributed by atoms with Crippen molar-refractivity contribution in [3.8, 4) is 0 Å². The highest BCUT2D eigenvalue weighted by atomic mass is 16.3. The van der Waals surface area contributed by atoms with E-state index in [9.17, 15) is 9.90 Å². The third-order valence-electron chi connectivity index (χ3n) is 13.6. The average molecular weight is 441 g/mol. The second-order valence-electron chi connectivity index (χ2n) is 14.5. The Bertz CT molecular complexity index is 814. The van der Waals surface area contributed by atoms with Gasteiger partial charge in [0.1, 0.15) is 6.29 Å². The summed E-state index contributed by atoms with van der Waals surface area (Å²) in [5.41, 5.74) is 2.37. The van der Waals surface area contributed by atoms with Crippen molar-refractivity contribution >= 4 is 6.29 Å². The number of hydrogen-bond donors (Lipinski definition) is 1. The van der Waals surface area contributed by atoms with Crippen molar-refractivity contribution in [1.82, 2.24) is 0 Å². The van der Waals surface area contributed by atoms with E-state index < -0.39 is 0 Å². The van der Waals surface area contributed by atoms with Crippen LogP contribution in [0.25, 0.3) is 0 Å². The number of allylic oxidation sites excluding steroid dienone is 1. The molecule has 0 spiro atoms. The second-order valence-corrected chi connectivity index (χ2v) is 14.5. The van der Waals surface area contributed by atoms with Gasteiger partial charge in [-0.2, -0.15) is 0 Å². The molecule has 180 valence electrons. The third-order valence-corrected chi connectivity index (χ3v) is 13.6. The molecule has 2 heteroatoms. The summed E-state index contributed by atoms with van der Waals surface area (Å²) in [4.78, 5) is 11.6. The summed E-state index contributed by atoms with van der Waals surface area (Å²) >= 11 is 0. The minimum absolute atomic E-state index is 0.0313. The van der Waals surface area contributed by atoms with Crippen molar-refractivity contribution in [1.29, 1.82) is 0 Å². The monoisotopic (exact) mass is 440 g/mol. The lowest BCUT2D eigenvalue weighted by molar-refractivity contribution is -0.251. The maximum atomic E-state index is 11.6. The topological polar surface area (TPSA) is 37.3 Å². The van der Waals surface area contributed by atoms with Crippen LogP contribution in [0.3, 0.4) is 0 Å². The van der Waals surface area contributed by atoms with E-state index >= 15 is 0 Å². The van der Waals surface area contributed by atoms with Gasteiger partial charge in [-0.3, -0.25) is 4.79 Å². The molecule has 0 aromatic carbocycles. The van der Waals surface area contributed by atoms with Gasteiger partial charge in [0.2, 0.25) is 0 Å². The zero-order chi connectivity index (χ0) is 23.3. The van der Waals surface area contributed by atoms with Crippen LogP contribution in [-0.2, 0) is 4.79 Å². The summed E-state index contributed by atoms with van der Waals surface area (Å²) < 4.78 is 0. The Morgan fingerprint density at radius 2 is 1.31 bits per heavy atom. The Labute approximate surface area is 197 Å². The smallest absolute Gasteiger partial charge is 0.145 e. The normalized spacial score (nSPS) is 56.3. The first-order valence-corrected chi connectivity index (χ1v) is 13.7. The van der Waals surface area contributed by atoms with Crippen molar-refractivity contribution in [2.75, 3.05) is 0 Å². The van der Waals surface area contributed by atoms with E-state index in [1.807, 2.05) is 0 Å². The van der Waals surface area contributed by atoms with Gasteiger partial charge in [0.15, 0.2) is 0 Å². The fourth-order valence-electron chi connectivity index (χ4n) is 11.7. The first kappa shape index (κ1) is 23.1. The number of hydrogen-bond acceptors (Lipinski definition) is 2. The average Bonchev–Trinajstić information content (AvgIpc) is 3.08. The van der Waals surface area contributed by atoms with E-state index in [0.717, 1.165) is 36.5 Å². The van der Waals surface area contributed by atoms with Gasteiger partial charge in [-0.05, 0) is 126 Å². The quantitative estimate of drug-likeness (QED) is 0.364. The molecule has 0 heterocycles. The van der Waals surface area contributed by atoms with Crippen LogP contribution in [-0.4, -0.2) is 17.5 Å². The van der Waals surface area contributed by atoms with Crippen LogP contribution in [0.4, 0.5) is 0 Å². The summed E-state index contributed by atoms with van der Waals surface area (Å²) in [6.07, 6.45) is 13.4. The Kier molecular flexibility index (Phi) is 5.03. The van der Waals surface area contributed by atoms with Crippen LogP contribution in [0.15, 0.2) is 12.2 Å². The van der Waals surface area contributed by atoms with Crippen molar-refractivity contribution in [2.24, 2.45) is 56.7 Å². The largest absolute Gasteiger partial charge is 0.393 e. The zero-order valence-corrected chi connectivity index (χ0v) is 21.7. The molecule has 5 rings (SSSR count). The van der Waals surface area contributed by atoms with Crippen molar-refractivity contribution in [3.05, 3.63) is 12.2 Å². The predicted molar refractivity (Wildman–Crippen MR) is 131 cm³/mol. The highest BCUT2D eigenvalue weighted by molar-refractivity contribution is 5.73. The molecule has 0 aliphatic heterocycles. The summed E-state index contributed by atoms with van der Waals surface area (Å²) in [6, 6.07) is 0. The Balaban J connectivity index is 1.51. The number of rotatable bonds is 2. The molecule has 0 aromatic heterocycles. The molecule has 0 saturated heterocycles. The summed E-state index contributed by atoms with van der Waals surface area (Å²) in [5, 5.41) is 10.9. The number of aldehydes is 1. The van der Waals surface area contributed by atoms with E-state index in [1.54, 1.807) is 0 Å². The van der Waals surface area contributed by atoms with Crippen molar-refractivity contribution in [2.45, 2.75) is 112 Å². The predicted octanol–water partition coefficient (Wildman–Crippen LogP) is 7.20. The molecule has 5 aliphatic carbocycles. The molecule has 0 bridgehead atoms. The molecule has 0 radical (unpaired) electrons. The lowest BCUT2D eigenvalue weighted by Gasteiger charge is -2.73. The van der Waals surface area contributed by atoms with Gasteiger partial charge in [-0.25, -0.2) is 0 Å². The molecule has 5 fully saturated rings. The lowest BCUT2D eigenvalue weighted by atomic mass is 9.32. The van der Waals surface area contributed by atoms with Crippen LogP contribution in [0.5, 0.6) is 0 Å². The number of aliphatic hydroxyl groups is 1. The lowest BCUT2D eigenvalue weighted by Crippen LogP contribution is -2.66. The molecule has 0 amide bonds. The van der Waals surface area contributed by atoms with E-state index in [4.69, 9.17) is 0 Å². The molecular formula is C30H48O2. The Hall–Kier alpha value is -0.630. The molecule has 1 N–H and O–H groups in total. The minimum Gasteiger partial charge on any atom is -0.393 e. The Morgan fingerprint density at radius 1 is 0.750 bits per heavy atom. The Morgan fingerprint density at radius 3 is 1.94 bits per heavy atom. The molecule has 10 unspecified atom stereocenters. The summed E-state index contributed by atoms with van der Waals surface area (Å²) in [7, 11) is 0. The van der Waals surface area contributed by atoms with Gasteiger partial charge in [0.25, 0.3) is 0 Å². The van der Waals surface area contributed by atoms with Crippen LogP contribution >= 0.6 is 0 Å². The van der Waals surface area contributed by atoms with Gasteiger partial charge in [-0.1, -0.05) is 48.1 Å². The standard InChI is InChI=1S/C30H48O2/c1-19(18-31)20-10-14-27(4)21(20)11-16-29(6)23(27)8-9-24-28(5)15-13-25(32)26(2,3)22(28)12-17-30(24,29)7/h18,20-25,32H,1,8-17H2,2-7H3. The van der Waals surface area contributed by atoms with Crippen LogP contribution in [0, 0.1) is 56.7 Å². The first-order chi connectivity index (χ1) is 14.9. The minimum atomic E-state index is -0.146. The number of carbonyl (C=O) groups is 1. The van der Waals surface area contributed by atoms with E-state index in [1.165, 1.54) is 51.4 Å². The van der Waals surface area contributed by atoms with Crippen molar-refractivity contribution < 1.29 is 9.90 Å². The van der Waals surface area contributed by atoms with Gasteiger partial charge in [-0.15, -0.1) is 0 Å². The molecule has 5 aliphatic rings. The number of carbonyl (C=O) groups excluding carboxylic acids is 1. The highest BCUT2D eigenvalue weighted by Gasteiger charge is 2.70. The molecule has 10 atom stereocenters. The van der Waals surface area contributed by atoms with Crippen LogP contribution in [0.1, 0.15) is 106 Å². The van der Waals surface area contributed by atoms with Crippen LogP contribution in [0.2, 0.25) is 0 Å². The second kappa shape index (κ2) is 6.96.